The number of methoxy groups -OCH3 is 1. The Morgan fingerprint density at radius 2 is 2.00 bits per heavy atom. The summed E-state index contributed by atoms with van der Waals surface area (Å²) in [4.78, 5) is 34.6. The number of thiazole rings is 1. The van der Waals surface area contributed by atoms with Gasteiger partial charge in [-0.3, -0.25) is 9.59 Å². The van der Waals surface area contributed by atoms with Crippen LogP contribution in [0, 0.1) is 20.8 Å². The Labute approximate surface area is 177 Å². The minimum atomic E-state index is -0.346. The number of anilines is 1. The van der Waals surface area contributed by atoms with Crippen LogP contribution in [0.3, 0.4) is 0 Å². The van der Waals surface area contributed by atoms with E-state index in [9.17, 15) is 9.59 Å². The summed E-state index contributed by atoms with van der Waals surface area (Å²) in [6.07, 6.45) is 1.58. The van der Waals surface area contributed by atoms with Gasteiger partial charge in [-0.2, -0.15) is 5.10 Å². The Morgan fingerprint density at radius 3 is 2.73 bits per heavy atom. The number of nitrogens with zero attached hydrogens (tertiary/aromatic N) is 4. The van der Waals surface area contributed by atoms with Crippen molar-refractivity contribution in [2.24, 2.45) is 7.05 Å². The summed E-state index contributed by atoms with van der Waals surface area (Å²) in [5.74, 6) is -0.0409. The second-order valence-electron chi connectivity index (χ2n) is 6.60. The summed E-state index contributed by atoms with van der Waals surface area (Å²) in [6, 6.07) is 3.41. The highest BCUT2D eigenvalue weighted by Gasteiger charge is 2.22. The van der Waals surface area contributed by atoms with Crippen LogP contribution >= 0.6 is 11.3 Å². The number of amides is 1. The highest BCUT2D eigenvalue weighted by Crippen LogP contribution is 2.30. The highest BCUT2D eigenvalue weighted by molar-refractivity contribution is 7.17. The van der Waals surface area contributed by atoms with E-state index in [1.807, 2.05) is 13.8 Å². The minimum absolute atomic E-state index is 0.250. The van der Waals surface area contributed by atoms with Crippen molar-refractivity contribution in [3.63, 3.8) is 0 Å². The van der Waals surface area contributed by atoms with Gasteiger partial charge in [-0.1, -0.05) is 0 Å². The van der Waals surface area contributed by atoms with E-state index in [0.29, 0.717) is 45.9 Å². The van der Waals surface area contributed by atoms with E-state index in [-0.39, 0.29) is 11.5 Å². The Bertz CT molecular complexity index is 1140. The molecular formula is C20H23N5O4S. The summed E-state index contributed by atoms with van der Waals surface area (Å²) in [7, 11) is 3.17. The Balaban J connectivity index is 1.91. The first-order valence-electron chi connectivity index (χ1n) is 9.24. The fourth-order valence-corrected chi connectivity index (χ4v) is 3.87. The van der Waals surface area contributed by atoms with Gasteiger partial charge in [-0.05, 0) is 38.5 Å². The maximum absolute atomic E-state index is 12.9. The number of carbonyl (C=O) groups is 1. The predicted molar refractivity (Wildman–Crippen MR) is 114 cm³/mol. The second kappa shape index (κ2) is 9.14. The lowest BCUT2D eigenvalue weighted by Crippen LogP contribution is -2.23. The summed E-state index contributed by atoms with van der Waals surface area (Å²) in [6.45, 7) is 6.11. The van der Waals surface area contributed by atoms with Crippen molar-refractivity contribution in [1.29, 1.82) is 0 Å². The second-order valence-corrected chi connectivity index (χ2v) is 7.60. The van der Waals surface area contributed by atoms with Crippen molar-refractivity contribution >= 4 is 22.9 Å². The van der Waals surface area contributed by atoms with Gasteiger partial charge in [0, 0.05) is 20.4 Å². The summed E-state index contributed by atoms with van der Waals surface area (Å²) >= 11 is 1.17. The Kier molecular flexibility index (Phi) is 6.58. The number of carbonyl (C=O) groups excluding carboxylic acids is 1. The predicted octanol–water partition coefficient (Wildman–Crippen LogP) is 2.50. The van der Waals surface area contributed by atoms with E-state index in [2.05, 4.69) is 20.4 Å². The van der Waals surface area contributed by atoms with Crippen LogP contribution in [0.2, 0.25) is 0 Å². The number of ether oxygens (including phenoxy) is 2. The molecule has 0 radical (unpaired) electrons. The SMILES string of the molecule is COCCOc1ncccc1NC(=O)c1sc(-c2c(C)c(C)nn(C)c2=O)nc1C. The fraction of sp³-hybridized carbons (Fsp3) is 0.350. The average molecular weight is 430 g/mol. The van der Waals surface area contributed by atoms with Crippen molar-refractivity contribution in [3.8, 4) is 16.5 Å². The van der Waals surface area contributed by atoms with E-state index in [1.54, 1.807) is 39.4 Å². The zero-order chi connectivity index (χ0) is 21.8. The van der Waals surface area contributed by atoms with E-state index in [0.717, 1.165) is 11.3 Å². The number of hydrogen-bond acceptors (Lipinski definition) is 8. The van der Waals surface area contributed by atoms with Crippen molar-refractivity contribution in [2.75, 3.05) is 25.6 Å². The van der Waals surface area contributed by atoms with Gasteiger partial charge in [0.2, 0.25) is 5.88 Å². The number of hydrogen-bond donors (Lipinski definition) is 1. The topological polar surface area (TPSA) is 108 Å². The molecule has 0 bridgehead atoms. The fourth-order valence-electron chi connectivity index (χ4n) is 2.82. The molecule has 0 fully saturated rings. The molecule has 30 heavy (non-hydrogen) atoms. The number of nitrogens with one attached hydrogen (secondary N) is 1. The minimum Gasteiger partial charge on any atom is -0.474 e. The standard InChI is InChI=1S/C20H23N5O4S/c1-11-12(2)24-25(4)20(27)15(11)19-22-13(3)16(30-19)17(26)23-14-7-6-8-21-18(14)29-10-9-28-5/h6-8H,9-10H2,1-5H3,(H,23,26). The third-order valence-corrected chi connectivity index (χ3v) is 5.66. The van der Waals surface area contributed by atoms with Crippen molar-refractivity contribution in [1.82, 2.24) is 19.7 Å². The van der Waals surface area contributed by atoms with Crippen LogP contribution in [-0.2, 0) is 11.8 Å². The lowest BCUT2D eigenvalue weighted by atomic mass is 10.1. The van der Waals surface area contributed by atoms with Crippen LogP contribution in [0.25, 0.3) is 10.6 Å². The summed E-state index contributed by atoms with van der Waals surface area (Å²) in [5, 5.41) is 7.50. The number of pyridine rings is 1. The molecule has 0 saturated carbocycles. The van der Waals surface area contributed by atoms with Gasteiger partial charge in [-0.15, -0.1) is 11.3 Å². The summed E-state index contributed by atoms with van der Waals surface area (Å²) < 4.78 is 11.8. The van der Waals surface area contributed by atoms with Crippen LogP contribution in [0.4, 0.5) is 5.69 Å². The van der Waals surface area contributed by atoms with E-state index in [1.165, 1.54) is 16.0 Å². The summed E-state index contributed by atoms with van der Waals surface area (Å²) in [5.41, 5.74) is 2.68. The van der Waals surface area contributed by atoms with Crippen LogP contribution in [-0.4, -0.2) is 46.0 Å². The van der Waals surface area contributed by atoms with Gasteiger partial charge in [0.15, 0.2) is 0 Å². The quantitative estimate of drug-likeness (QED) is 0.575. The van der Waals surface area contributed by atoms with Crippen LogP contribution in [0.5, 0.6) is 5.88 Å². The molecule has 10 heteroatoms. The molecule has 0 spiro atoms. The lowest BCUT2D eigenvalue weighted by molar-refractivity contribution is 0.102. The maximum Gasteiger partial charge on any atom is 0.277 e. The molecule has 1 N–H and O–H groups in total. The molecule has 0 aliphatic carbocycles. The first-order chi connectivity index (χ1) is 14.3. The molecule has 3 aromatic rings. The molecule has 3 heterocycles. The maximum atomic E-state index is 12.9. The molecule has 3 aromatic heterocycles. The molecule has 0 unspecified atom stereocenters. The molecule has 0 atom stereocenters. The van der Waals surface area contributed by atoms with Crippen LogP contribution in [0.15, 0.2) is 23.1 Å². The van der Waals surface area contributed by atoms with Crippen molar-refractivity contribution in [3.05, 3.63) is 50.5 Å². The van der Waals surface area contributed by atoms with Gasteiger partial charge >= 0.3 is 0 Å². The van der Waals surface area contributed by atoms with Crippen molar-refractivity contribution in [2.45, 2.75) is 20.8 Å². The largest absolute Gasteiger partial charge is 0.474 e. The van der Waals surface area contributed by atoms with Gasteiger partial charge in [0.1, 0.15) is 22.2 Å². The first-order valence-corrected chi connectivity index (χ1v) is 10.1. The average Bonchev–Trinajstić information content (AvgIpc) is 3.09. The molecule has 0 saturated heterocycles. The third kappa shape index (κ3) is 4.39. The number of aryl methyl sites for hydroxylation is 3. The molecular weight excluding hydrogens is 406 g/mol. The van der Waals surface area contributed by atoms with E-state index in [4.69, 9.17) is 9.47 Å². The van der Waals surface area contributed by atoms with E-state index < -0.39 is 0 Å². The monoisotopic (exact) mass is 429 g/mol. The Morgan fingerprint density at radius 1 is 1.23 bits per heavy atom. The molecule has 0 aromatic carbocycles. The lowest BCUT2D eigenvalue weighted by Gasteiger charge is -2.10. The normalized spacial score (nSPS) is 10.8. The Hall–Kier alpha value is -3.11. The van der Waals surface area contributed by atoms with Crippen LogP contribution < -0.4 is 15.6 Å². The van der Waals surface area contributed by atoms with Gasteiger partial charge < -0.3 is 14.8 Å². The number of aromatic nitrogens is 4. The molecule has 0 aliphatic rings. The van der Waals surface area contributed by atoms with Gasteiger partial charge in [-0.25, -0.2) is 14.6 Å². The molecule has 3 rings (SSSR count). The zero-order valence-corrected chi connectivity index (χ0v) is 18.3. The molecule has 158 valence electrons. The number of rotatable bonds is 7. The zero-order valence-electron chi connectivity index (χ0n) is 17.5. The smallest absolute Gasteiger partial charge is 0.277 e. The van der Waals surface area contributed by atoms with Gasteiger partial charge in [0.05, 0.1) is 23.6 Å². The van der Waals surface area contributed by atoms with Crippen LogP contribution in [0.1, 0.15) is 26.6 Å². The van der Waals surface area contributed by atoms with Gasteiger partial charge in [0.25, 0.3) is 11.5 Å². The van der Waals surface area contributed by atoms with Crippen molar-refractivity contribution < 1.29 is 14.3 Å². The highest BCUT2D eigenvalue weighted by atomic mass is 32.1. The third-order valence-electron chi connectivity index (χ3n) is 4.49. The van der Waals surface area contributed by atoms with E-state index >= 15 is 0 Å². The molecule has 0 aliphatic heterocycles. The molecule has 1 amide bonds. The molecule has 9 nitrogen and oxygen atoms in total. The first kappa shape index (κ1) is 21.6.